The number of carbonyl (C=O) groups is 1. The first-order valence-electron chi connectivity index (χ1n) is 7.38. The van der Waals surface area contributed by atoms with E-state index in [2.05, 4.69) is 15.3 Å². The molecule has 0 radical (unpaired) electrons. The Morgan fingerprint density at radius 1 is 0.960 bits per heavy atom. The van der Waals surface area contributed by atoms with Gasteiger partial charge in [0.15, 0.2) is 0 Å². The molecule has 2 heterocycles. The number of aromatic nitrogens is 2. The van der Waals surface area contributed by atoms with Gasteiger partial charge in [0.25, 0.3) is 5.91 Å². The number of amides is 1. The van der Waals surface area contributed by atoms with Crippen LogP contribution < -0.4 is 5.32 Å². The summed E-state index contributed by atoms with van der Waals surface area (Å²) in [4.78, 5) is 20.7. The number of hydrogen-bond acceptors (Lipinski definition) is 4. The maximum Gasteiger partial charge on any atom is 0.261 e. The highest BCUT2D eigenvalue weighted by molar-refractivity contribution is 7.98. The van der Waals surface area contributed by atoms with Crippen molar-refractivity contribution in [3.63, 3.8) is 0 Å². The summed E-state index contributed by atoms with van der Waals surface area (Å²) >= 11 is 1.37. The van der Waals surface area contributed by atoms with Crippen LogP contribution in [-0.4, -0.2) is 15.9 Å². The van der Waals surface area contributed by atoms with Gasteiger partial charge in [0.1, 0.15) is 22.2 Å². The fourth-order valence-corrected chi connectivity index (χ4v) is 2.99. The SMILES string of the molecule is O=C(Nc1cccnc1SCc1ccccn1)c1c(F)cccc1F. The number of nitrogens with zero attached hydrogens (tertiary/aromatic N) is 2. The van der Waals surface area contributed by atoms with Crippen molar-refractivity contribution in [3.8, 4) is 0 Å². The number of anilines is 1. The first-order valence-corrected chi connectivity index (χ1v) is 8.37. The quantitative estimate of drug-likeness (QED) is 0.692. The van der Waals surface area contributed by atoms with Crippen LogP contribution in [0, 0.1) is 11.6 Å². The molecule has 0 aliphatic rings. The highest BCUT2D eigenvalue weighted by Crippen LogP contribution is 2.27. The van der Waals surface area contributed by atoms with Crippen molar-refractivity contribution < 1.29 is 13.6 Å². The lowest BCUT2D eigenvalue weighted by Crippen LogP contribution is -2.16. The number of rotatable bonds is 5. The van der Waals surface area contributed by atoms with Gasteiger partial charge in [0.05, 0.1) is 11.4 Å². The van der Waals surface area contributed by atoms with Crippen molar-refractivity contribution >= 4 is 23.4 Å². The number of carbonyl (C=O) groups excluding carboxylic acids is 1. The molecule has 3 aromatic rings. The summed E-state index contributed by atoms with van der Waals surface area (Å²) < 4.78 is 27.5. The van der Waals surface area contributed by atoms with Crippen molar-refractivity contribution in [2.24, 2.45) is 0 Å². The van der Waals surface area contributed by atoms with Gasteiger partial charge in [-0.05, 0) is 36.4 Å². The zero-order chi connectivity index (χ0) is 17.6. The highest BCUT2D eigenvalue weighted by atomic mass is 32.2. The van der Waals surface area contributed by atoms with Crippen LogP contribution in [0.25, 0.3) is 0 Å². The minimum Gasteiger partial charge on any atom is -0.319 e. The number of pyridine rings is 2. The van der Waals surface area contributed by atoms with Crippen LogP contribution in [0.1, 0.15) is 16.1 Å². The van der Waals surface area contributed by atoms with Gasteiger partial charge in [-0.3, -0.25) is 9.78 Å². The zero-order valence-corrected chi connectivity index (χ0v) is 13.8. The van der Waals surface area contributed by atoms with Gasteiger partial charge in [-0.25, -0.2) is 13.8 Å². The lowest BCUT2D eigenvalue weighted by atomic mass is 10.2. The summed E-state index contributed by atoms with van der Waals surface area (Å²) in [6.45, 7) is 0. The predicted octanol–water partition coefficient (Wildman–Crippen LogP) is 4.30. The highest BCUT2D eigenvalue weighted by Gasteiger charge is 2.18. The van der Waals surface area contributed by atoms with Crippen LogP contribution in [-0.2, 0) is 5.75 Å². The molecule has 0 bridgehead atoms. The fraction of sp³-hybridized carbons (Fsp3) is 0.0556. The van der Waals surface area contributed by atoms with E-state index in [1.54, 1.807) is 24.5 Å². The van der Waals surface area contributed by atoms with E-state index in [1.807, 2.05) is 18.2 Å². The van der Waals surface area contributed by atoms with Crippen molar-refractivity contribution in [3.05, 3.63) is 83.8 Å². The molecular weight excluding hydrogens is 344 g/mol. The summed E-state index contributed by atoms with van der Waals surface area (Å²) in [5.41, 5.74) is 0.624. The molecule has 3 rings (SSSR count). The molecule has 4 nitrogen and oxygen atoms in total. The fourth-order valence-electron chi connectivity index (χ4n) is 2.13. The largest absolute Gasteiger partial charge is 0.319 e. The van der Waals surface area contributed by atoms with Crippen molar-refractivity contribution in [2.75, 3.05) is 5.32 Å². The molecule has 0 saturated heterocycles. The third kappa shape index (κ3) is 4.19. The molecule has 2 aromatic heterocycles. The average molecular weight is 357 g/mol. The van der Waals surface area contributed by atoms with Crippen molar-refractivity contribution in [2.45, 2.75) is 10.8 Å². The molecule has 0 spiro atoms. The summed E-state index contributed by atoms with van der Waals surface area (Å²) in [5, 5.41) is 3.06. The summed E-state index contributed by atoms with van der Waals surface area (Å²) in [6, 6.07) is 12.1. The molecule has 1 aromatic carbocycles. The van der Waals surface area contributed by atoms with E-state index in [0.717, 1.165) is 17.8 Å². The molecular formula is C18H13F2N3OS. The van der Waals surface area contributed by atoms with Gasteiger partial charge in [0, 0.05) is 18.1 Å². The van der Waals surface area contributed by atoms with E-state index < -0.39 is 23.1 Å². The first kappa shape index (κ1) is 17.0. The second-order valence-electron chi connectivity index (χ2n) is 5.02. The second kappa shape index (κ2) is 7.85. The lowest BCUT2D eigenvalue weighted by molar-refractivity contribution is 0.101. The Bertz CT molecular complexity index is 870. The number of benzene rings is 1. The Balaban J connectivity index is 1.78. The number of nitrogens with one attached hydrogen (secondary N) is 1. The molecule has 1 N–H and O–H groups in total. The number of halogens is 2. The van der Waals surface area contributed by atoms with Gasteiger partial charge < -0.3 is 5.32 Å². The predicted molar refractivity (Wildman–Crippen MR) is 92.3 cm³/mol. The van der Waals surface area contributed by atoms with Crippen LogP contribution in [0.2, 0.25) is 0 Å². The van der Waals surface area contributed by atoms with Crippen molar-refractivity contribution in [1.82, 2.24) is 9.97 Å². The maximum atomic E-state index is 13.7. The van der Waals surface area contributed by atoms with Crippen LogP contribution in [0.4, 0.5) is 14.5 Å². The van der Waals surface area contributed by atoms with E-state index >= 15 is 0 Å². The molecule has 0 aliphatic heterocycles. The smallest absolute Gasteiger partial charge is 0.261 e. The standard InChI is InChI=1S/C18H13F2N3OS/c19-13-6-3-7-14(20)16(13)17(24)23-15-8-4-10-22-18(15)25-11-12-5-1-2-9-21-12/h1-10H,11H2,(H,23,24). The molecule has 0 fully saturated rings. The third-order valence-electron chi connectivity index (χ3n) is 3.29. The van der Waals surface area contributed by atoms with Gasteiger partial charge in [-0.2, -0.15) is 0 Å². The molecule has 25 heavy (non-hydrogen) atoms. The van der Waals surface area contributed by atoms with Crippen LogP contribution in [0.15, 0.2) is 66.0 Å². The van der Waals surface area contributed by atoms with E-state index in [4.69, 9.17) is 0 Å². The third-order valence-corrected chi connectivity index (χ3v) is 4.33. The van der Waals surface area contributed by atoms with E-state index in [-0.39, 0.29) is 0 Å². The maximum absolute atomic E-state index is 13.7. The molecule has 0 unspecified atom stereocenters. The van der Waals surface area contributed by atoms with Gasteiger partial charge >= 0.3 is 0 Å². The molecule has 126 valence electrons. The minimum atomic E-state index is -0.913. The van der Waals surface area contributed by atoms with Gasteiger partial charge in [-0.1, -0.05) is 23.9 Å². The van der Waals surface area contributed by atoms with Gasteiger partial charge in [-0.15, -0.1) is 0 Å². The molecule has 7 heteroatoms. The Labute approximate surface area is 147 Å². The lowest BCUT2D eigenvalue weighted by Gasteiger charge is -2.10. The topological polar surface area (TPSA) is 54.9 Å². The Kier molecular flexibility index (Phi) is 5.35. The van der Waals surface area contributed by atoms with E-state index in [9.17, 15) is 13.6 Å². The number of hydrogen-bond donors (Lipinski definition) is 1. The van der Waals surface area contributed by atoms with Crippen LogP contribution in [0.3, 0.4) is 0 Å². The Morgan fingerprint density at radius 2 is 1.72 bits per heavy atom. The average Bonchev–Trinajstić information content (AvgIpc) is 2.62. The van der Waals surface area contributed by atoms with Crippen LogP contribution in [0.5, 0.6) is 0 Å². The van der Waals surface area contributed by atoms with Gasteiger partial charge in [0.2, 0.25) is 0 Å². The summed E-state index contributed by atoms with van der Waals surface area (Å²) in [6.07, 6.45) is 3.28. The van der Waals surface area contributed by atoms with E-state index in [0.29, 0.717) is 16.5 Å². The first-order chi connectivity index (χ1) is 12.1. The zero-order valence-electron chi connectivity index (χ0n) is 12.9. The van der Waals surface area contributed by atoms with Crippen molar-refractivity contribution in [1.29, 1.82) is 0 Å². The minimum absolute atomic E-state index is 0.385. The normalized spacial score (nSPS) is 10.5. The Hall–Kier alpha value is -2.80. The molecule has 0 saturated carbocycles. The Morgan fingerprint density at radius 3 is 2.44 bits per heavy atom. The molecule has 0 aliphatic carbocycles. The molecule has 0 atom stereocenters. The molecule has 1 amide bonds. The second-order valence-corrected chi connectivity index (χ2v) is 5.98. The summed E-state index contributed by atoms with van der Waals surface area (Å²) in [7, 11) is 0. The van der Waals surface area contributed by atoms with Crippen LogP contribution >= 0.6 is 11.8 Å². The van der Waals surface area contributed by atoms with E-state index in [1.165, 1.54) is 17.8 Å². The monoisotopic (exact) mass is 357 g/mol. The number of thioether (sulfide) groups is 1. The summed E-state index contributed by atoms with van der Waals surface area (Å²) in [5.74, 6) is -2.13.